The third-order valence-corrected chi connectivity index (χ3v) is 12.9. The highest BCUT2D eigenvalue weighted by Crippen LogP contribution is 2.41. The van der Waals surface area contributed by atoms with Gasteiger partial charge >= 0.3 is 5.69 Å². The number of ether oxygens (including phenoxy) is 1. The molecule has 0 spiro atoms. The molecule has 9 heteroatoms. The summed E-state index contributed by atoms with van der Waals surface area (Å²) in [6.07, 6.45) is 0.187. The van der Waals surface area contributed by atoms with E-state index in [0.717, 1.165) is 10.4 Å². The molecule has 0 saturated carbocycles. The quantitative estimate of drug-likeness (QED) is 0.304. The van der Waals surface area contributed by atoms with Gasteiger partial charge in [-0.2, -0.15) is 4.98 Å². The maximum Gasteiger partial charge on any atom is 0.351 e. The Balaban J connectivity index is 1.46. The van der Waals surface area contributed by atoms with Crippen LogP contribution in [0.25, 0.3) is 0 Å². The summed E-state index contributed by atoms with van der Waals surface area (Å²) in [5.41, 5.74) is 0.521. The first kappa shape index (κ1) is 29.6. The molecule has 2 heterocycles. The van der Waals surface area contributed by atoms with E-state index in [1.165, 1.54) is 4.57 Å². The highest BCUT2D eigenvalue weighted by Gasteiger charge is 2.53. The third kappa shape index (κ3) is 5.73. The summed E-state index contributed by atoms with van der Waals surface area (Å²) in [4.78, 5) is 30.0. The van der Waals surface area contributed by atoms with E-state index in [1.54, 1.807) is 37.4 Å². The number of benzene rings is 3. The Morgan fingerprint density at radius 1 is 1.00 bits per heavy atom. The van der Waals surface area contributed by atoms with E-state index in [9.17, 15) is 14.7 Å². The lowest BCUT2D eigenvalue weighted by atomic mass is 10.2. The van der Waals surface area contributed by atoms with Crippen molar-refractivity contribution in [2.24, 2.45) is 0 Å². The van der Waals surface area contributed by atoms with Crippen molar-refractivity contribution in [2.45, 2.75) is 57.6 Å². The molecule has 1 fully saturated rings. The van der Waals surface area contributed by atoms with E-state index in [1.807, 2.05) is 42.5 Å². The molecule has 3 atom stereocenters. The highest BCUT2D eigenvalue weighted by molar-refractivity contribution is 6.99. The molecule has 0 bridgehead atoms. The van der Waals surface area contributed by atoms with Gasteiger partial charge in [0.15, 0.2) is 0 Å². The zero-order valence-corrected chi connectivity index (χ0v) is 25.4. The largest absolute Gasteiger partial charge is 0.402 e. The first-order chi connectivity index (χ1) is 20.1. The van der Waals surface area contributed by atoms with Crippen molar-refractivity contribution >= 4 is 30.4 Å². The summed E-state index contributed by atoms with van der Waals surface area (Å²) in [6.45, 7) is 8.10. The van der Waals surface area contributed by atoms with Gasteiger partial charge in [-0.1, -0.05) is 99.6 Å². The molecule has 218 valence electrons. The number of nitrogens with zero attached hydrogens (tertiary/aromatic N) is 2. The number of aryl methyl sites for hydroxylation is 1. The van der Waals surface area contributed by atoms with E-state index in [2.05, 4.69) is 55.3 Å². The fourth-order valence-corrected chi connectivity index (χ4v) is 10.5. The number of carbonyl (C=O) groups excluding carboxylic acids is 1. The minimum absolute atomic E-state index is 0.196. The number of rotatable bonds is 8. The number of anilines is 1. The Kier molecular flexibility index (Phi) is 8.56. The van der Waals surface area contributed by atoms with Gasteiger partial charge in [-0.25, -0.2) is 4.79 Å². The molecule has 8 nitrogen and oxygen atoms in total. The van der Waals surface area contributed by atoms with Crippen molar-refractivity contribution in [1.29, 1.82) is 0 Å². The van der Waals surface area contributed by atoms with Gasteiger partial charge in [0.05, 0.1) is 12.7 Å². The van der Waals surface area contributed by atoms with Gasteiger partial charge < -0.3 is 19.6 Å². The van der Waals surface area contributed by atoms with E-state index in [-0.39, 0.29) is 23.4 Å². The molecule has 42 heavy (non-hydrogen) atoms. The average molecular weight is 584 g/mol. The predicted molar refractivity (Wildman–Crippen MR) is 166 cm³/mol. The monoisotopic (exact) mass is 583 g/mol. The van der Waals surface area contributed by atoms with Crippen molar-refractivity contribution in [3.05, 3.63) is 119 Å². The van der Waals surface area contributed by atoms with E-state index < -0.39 is 32.4 Å². The van der Waals surface area contributed by atoms with Crippen LogP contribution in [0.15, 0.2) is 102 Å². The Labute approximate surface area is 247 Å². The number of hydrogen-bond acceptors (Lipinski definition) is 6. The van der Waals surface area contributed by atoms with Gasteiger partial charge in [-0.05, 0) is 34.5 Å². The molecule has 0 aliphatic carbocycles. The maximum absolute atomic E-state index is 13.2. The van der Waals surface area contributed by atoms with E-state index in [0.29, 0.717) is 17.5 Å². The summed E-state index contributed by atoms with van der Waals surface area (Å²) < 4.78 is 14.9. The second kappa shape index (κ2) is 12.1. The molecule has 1 amide bonds. The number of nitrogens with one attached hydrogen (secondary N) is 1. The van der Waals surface area contributed by atoms with Gasteiger partial charge in [0.1, 0.15) is 18.1 Å². The summed E-state index contributed by atoms with van der Waals surface area (Å²) in [7, 11) is -2.93. The van der Waals surface area contributed by atoms with Crippen molar-refractivity contribution < 1.29 is 19.1 Å². The first-order valence-corrected chi connectivity index (χ1v) is 16.1. The van der Waals surface area contributed by atoms with Crippen LogP contribution in [0, 0.1) is 6.92 Å². The summed E-state index contributed by atoms with van der Waals surface area (Å²) >= 11 is 0. The molecule has 3 aromatic carbocycles. The van der Waals surface area contributed by atoms with Crippen LogP contribution in [-0.4, -0.2) is 47.7 Å². The number of aliphatic hydroxyl groups is 1. The lowest BCUT2D eigenvalue weighted by Crippen LogP contribution is -2.68. The van der Waals surface area contributed by atoms with Gasteiger partial charge in [-0.3, -0.25) is 9.36 Å². The second-order valence-corrected chi connectivity index (χ2v) is 15.9. The maximum atomic E-state index is 13.2. The molecule has 1 aliphatic heterocycles. The Morgan fingerprint density at radius 2 is 1.55 bits per heavy atom. The normalized spacial score (nSPS) is 19.0. The average Bonchev–Trinajstić information content (AvgIpc) is 3.40. The van der Waals surface area contributed by atoms with Crippen LogP contribution in [0.4, 0.5) is 5.82 Å². The van der Waals surface area contributed by atoms with Crippen LogP contribution < -0.4 is 21.4 Å². The van der Waals surface area contributed by atoms with Crippen LogP contribution in [0.1, 0.15) is 49.3 Å². The number of amides is 1. The molecule has 1 aromatic heterocycles. The SMILES string of the molecule is Cc1cn([C@H]2CC(O[Si](c3ccccc3)(c3ccccc3)C(C)(C)C)[C@@H](CO)O2)c(=O)nc1NC(=O)c1ccccc1. The lowest BCUT2D eigenvalue weighted by Gasteiger charge is -2.45. The summed E-state index contributed by atoms with van der Waals surface area (Å²) in [5, 5.41) is 15.1. The highest BCUT2D eigenvalue weighted by atomic mass is 28.4. The topological polar surface area (TPSA) is 103 Å². The van der Waals surface area contributed by atoms with Gasteiger partial charge in [0.2, 0.25) is 0 Å². The standard InChI is InChI=1S/C33H37N3O5Si/c1-23-21-36(32(39)35-30(23)34-31(38)24-14-8-5-9-15-24)29-20-27(28(22-37)40-29)41-42(33(2,3)4,25-16-10-6-11-17-25)26-18-12-7-13-19-26/h5-19,21,27-29,37H,20,22H2,1-4H3,(H,34,35,38,39)/t27?,28-,29-/m1/s1. The molecule has 1 aliphatic rings. The molecule has 4 aromatic rings. The van der Waals surface area contributed by atoms with Gasteiger partial charge in [0, 0.05) is 23.7 Å². The van der Waals surface area contributed by atoms with Crippen molar-refractivity contribution in [3.63, 3.8) is 0 Å². The molecule has 1 saturated heterocycles. The van der Waals surface area contributed by atoms with E-state index in [4.69, 9.17) is 9.16 Å². The van der Waals surface area contributed by atoms with Crippen LogP contribution >= 0.6 is 0 Å². The second-order valence-electron chi connectivity index (χ2n) is 11.6. The minimum atomic E-state index is -2.93. The fourth-order valence-electron chi connectivity index (χ4n) is 5.75. The molecule has 0 radical (unpaired) electrons. The lowest BCUT2D eigenvalue weighted by molar-refractivity contribution is -0.0433. The van der Waals surface area contributed by atoms with Gasteiger partial charge in [-0.15, -0.1) is 0 Å². The Bertz CT molecular complexity index is 1530. The van der Waals surface area contributed by atoms with Crippen LogP contribution in [0.5, 0.6) is 0 Å². The number of hydrogen-bond donors (Lipinski definition) is 2. The number of carbonyl (C=O) groups is 1. The smallest absolute Gasteiger partial charge is 0.351 e. The van der Waals surface area contributed by atoms with Crippen molar-refractivity contribution in [2.75, 3.05) is 11.9 Å². The number of aliphatic hydroxyl groups excluding tert-OH is 1. The zero-order chi connectivity index (χ0) is 29.9. The predicted octanol–water partition coefficient (Wildman–Crippen LogP) is 4.03. The van der Waals surface area contributed by atoms with Crippen LogP contribution in [0.2, 0.25) is 5.04 Å². The Hall–Kier alpha value is -3.89. The van der Waals surface area contributed by atoms with Gasteiger partial charge in [0.25, 0.3) is 14.2 Å². The molecule has 1 unspecified atom stereocenters. The molecule has 5 rings (SSSR count). The third-order valence-electron chi connectivity index (χ3n) is 7.82. The van der Waals surface area contributed by atoms with Crippen LogP contribution in [0.3, 0.4) is 0 Å². The van der Waals surface area contributed by atoms with Crippen LogP contribution in [-0.2, 0) is 9.16 Å². The number of aromatic nitrogens is 2. The molecular formula is C33H37N3O5Si. The summed E-state index contributed by atoms with van der Waals surface area (Å²) in [6, 6.07) is 29.3. The molecule has 2 N–H and O–H groups in total. The minimum Gasteiger partial charge on any atom is -0.402 e. The van der Waals surface area contributed by atoms with E-state index >= 15 is 0 Å². The molecular weight excluding hydrogens is 546 g/mol. The zero-order valence-electron chi connectivity index (χ0n) is 24.4. The fraction of sp³-hybridized carbons (Fsp3) is 0.303. The van der Waals surface area contributed by atoms with Crippen molar-refractivity contribution in [1.82, 2.24) is 9.55 Å². The Morgan fingerprint density at radius 3 is 2.07 bits per heavy atom. The first-order valence-electron chi connectivity index (χ1n) is 14.2. The summed E-state index contributed by atoms with van der Waals surface area (Å²) in [5.74, 6) is -0.151. The van der Waals surface area contributed by atoms with Crippen molar-refractivity contribution in [3.8, 4) is 0 Å².